The first-order valence-corrected chi connectivity index (χ1v) is 5.61. The Hall–Kier alpha value is -0.280. The third-order valence-corrected chi connectivity index (χ3v) is 2.07. The van der Waals surface area contributed by atoms with Gasteiger partial charge in [-0.2, -0.15) is 0 Å². The highest BCUT2D eigenvalue weighted by Crippen LogP contribution is 1.82. The van der Waals surface area contributed by atoms with E-state index >= 15 is 0 Å². The maximum atomic E-state index is 9.34. The SMILES string of the molecule is NCCNCCNCCNC(O)C(N)CO. The van der Waals surface area contributed by atoms with E-state index in [1.54, 1.807) is 0 Å². The van der Waals surface area contributed by atoms with Crippen molar-refractivity contribution < 1.29 is 10.2 Å². The van der Waals surface area contributed by atoms with Crippen LogP contribution in [-0.4, -0.2) is 68.4 Å². The van der Waals surface area contributed by atoms with Crippen LogP contribution in [0.4, 0.5) is 0 Å². The predicted molar refractivity (Wildman–Crippen MR) is 63.9 cm³/mol. The molecular weight excluding hydrogens is 210 g/mol. The maximum Gasteiger partial charge on any atom is 0.122 e. The zero-order valence-corrected chi connectivity index (χ0v) is 9.65. The van der Waals surface area contributed by atoms with Crippen molar-refractivity contribution in [3.05, 3.63) is 0 Å². The van der Waals surface area contributed by atoms with Crippen molar-refractivity contribution in [3.63, 3.8) is 0 Å². The summed E-state index contributed by atoms with van der Waals surface area (Å²) in [6, 6.07) is -0.633. The monoisotopic (exact) mass is 235 g/mol. The van der Waals surface area contributed by atoms with Gasteiger partial charge in [-0.3, -0.25) is 5.32 Å². The normalized spacial score (nSPS) is 15.0. The molecule has 0 aliphatic carbocycles. The highest BCUT2D eigenvalue weighted by molar-refractivity contribution is 4.68. The van der Waals surface area contributed by atoms with Crippen LogP contribution in [0.3, 0.4) is 0 Å². The number of nitrogens with two attached hydrogens (primary N) is 2. The van der Waals surface area contributed by atoms with Crippen LogP contribution < -0.4 is 27.4 Å². The molecule has 0 rings (SSSR count). The molecule has 0 radical (unpaired) electrons. The van der Waals surface area contributed by atoms with Gasteiger partial charge in [-0.05, 0) is 0 Å². The summed E-state index contributed by atoms with van der Waals surface area (Å²) in [5.41, 5.74) is 10.7. The molecule has 0 aromatic rings. The smallest absolute Gasteiger partial charge is 0.122 e. The summed E-state index contributed by atoms with van der Waals surface area (Å²) in [6.07, 6.45) is -0.859. The van der Waals surface area contributed by atoms with Crippen molar-refractivity contribution in [2.45, 2.75) is 12.3 Å². The van der Waals surface area contributed by atoms with Gasteiger partial charge in [0.1, 0.15) is 6.23 Å². The molecule has 7 heteroatoms. The second-order valence-electron chi connectivity index (χ2n) is 3.53. The Kier molecular flexibility index (Phi) is 11.0. The molecule has 2 unspecified atom stereocenters. The van der Waals surface area contributed by atoms with E-state index in [1.165, 1.54) is 0 Å². The average molecular weight is 235 g/mol. The van der Waals surface area contributed by atoms with E-state index in [-0.39, 0.29) is 6.61 Å². The van der Waals surface area contributed by atoms with Gasteiger partial charge in [0.15, 0.2) is 0 Å². The second-order valence-corrected chi connectivity index (χ2v) is 3.53. The van der Waals surface area contributed by atoms with Crippen LogP contribution >= 0.6 is 0 Å². The van der Waals surface area contributed by atoms with Gasteiger partial charge in [0.05, 0.1) is 12.6 Å². The van der Waals surface area contributed by atoms with Crippen molar-refractivity contribution >= 4 is 0 Å². The molecule has 0 aliphatic heterocycles. The molecule has 9 N–H and O–H groups in total. The Morgan fingerprint density at radius 2 is 1.56 bits per heavy atom. The molecule has 0 aliphatic rings. The topological polar surface area (TPSA) is 129 Å². The molecule has 98 valence electrons. The fraction of sp³-hybridized carbons (Fsp3) is 1.00. The molecule has 0 fully saturated rings. The van der Waals surface area contributed by atoms with E-state index in [0.29, 0.717) is 13.1 Å². The molecule has 2 atom stereocenters. The van der Waals surface area contributed by atoms with Gasteiger partial charge in [0.25, 0.3) is 0 Å². The molecule has 0 saturated carbocycles. The Morgan fingerprint density at radius 1 is 1.00 bits per heavy atom. The summed E-state index contributed by atoms with van der Waals surface area (Å²) in [5.74, 6) is 0. The molecule has 0 bridgehead atoms. The lowest BCUT2D eigenvalue weighted by Gasteiger charge is -2.18. The lowest BCUT2D eigenvalue weighted by Crippen LogP contribution is -2.49. The lowest BCUT2D eigenvalue weighted by molar-refractivity contribution is 0.0812. The van der Waals surface area contributed by atoms with Gasteiger partial charge < -0.3 is 32.3 Å². The summed E-state index contributed by atoms with van der Waals surface area (Å²) < 4.78 is 0. The quantitative estimate of drug-likeness (QED) is 0.145. The van der Waals surface area contributed by atoms with Gasteiger partial charge in [0, 0.05) is 39.3 Å². The van der Waals surface area contributed by atoms with Crippen LogP contribution in [0.5, 0.6) is 0 Å². The third kappa shape index (κ3) is 8.98. The molecule has 0 heterocycles. The number of aliphatic hydroxyl groups is 2. The Bertz CT molecular complexity index is 150. The van der Waals surface area contributed by atoms with Crippen molar-refractivity contribution in [1.29, 1.82) is 0 Å². The summed E-state index contributed by atoms with van der Waals surface area (Å²) in [4.78, 5) is 0. The Labute approximate surface area is 96.6 Å². The second kappa shape index (κ2) is 11.2. The molecule has 7 nitrogen and oxygen atoms in total. The van der Waals surface area contributed by atoms with Crippen molar-refractivity contribution in [2.75, 3.05) is 45.9 Å². The molecule has 0 spiro atoms. The minimum Gasteiger partial charge on any atom is -0.395 e. The molecule has 16 heavy (non-hydrogen) atoms. The van der Waals surface area contributed by atoms with Crippen LogP contribution in [0.25, 0.3) is 0 Å². The molecule has 0 saturated heterocycles. The largest absolute Gasteiger partial charge is 0.395 e. The Morgan fingerprint density at radius 3 is 2.12 bits per heavy atom. The number of hydrogen-bond acceptors (Lipinski definition) is 7. The fourth-order valence-electron chi connectivity index (χ4n) is 1.09. The third-order valence-electron chi connectivity index (χ3n) is 2.07. The summed E-state index contributed by atoms with van der Waals surface area (Å²) >= 11 is 0. The van der Waals surface area contributed by atoms with E-state index in [9.17, 15) is 5.11 Å². The first kappa shape index (κ1) is 15.7. The highest BCUT2D eigenvalue weighted by atomic mass is 16.3. The van der Waals surface area contributed by atoms with Crippen molar-refractivity contribution in [2.24, 2.45) is 11.5 Å². The van der Waals surface area contributed by atoms with Gasteiger partial charge in [-0.15, -0.1) is 0 Å². The Balaban J connectivity index is 3.14. The van der Waals surface area contributed by atoms with Crippen molar-refractivity contribution in [3.8, 4) is 0 Å². The number of hydrogen-bond donors (Lipinski definition) is 7. The van der Waals surface area contributed by atoms with Crippen LogP contribution in [0.2, 0.25) is 0 Å². The predicted octanol–water partition coefficient (Wildman–Crippen LogP) is -3.65. The molecule has 0 aromatic carbocycles. The molecular formula is C9H25N5O2. The van der Waals surface area contributed by atoms with Gasteiger partial charge in [-0.25, -0.2) is 0 Å². The van der Waals surface area contributed by atoms with Gasteiger partial charge in [-0.1, -0.05) is 0 Å². The highest BCUT2D eigenvalue weighted by Gasteiger charge is 2.11. The zero-order valence-electron chi connectivity index (χ0n) is 9.65. The number of aliphatic hydroxyl groups excluding tert-OH is 2. The van der Waals surface area contributed by atoms with E-state index in [4.69, 9.17) is 16.6 Å². The minimum absolute atomic E-state index is 0.232. The van der Waals surface area contributed by atoms with Crippen LogP contribution in [-0.2, 0) is 0 Å². The standard InChI is InChI=1S/C9H25N5O2/c10-1-2-12-3-4-13-5-6-14-9(16)8(11)7-15/h8-9,12-16H,1-7,10-11H2. The summed E-state index contributed by atoms with van der Waals surface area (Å²) in [7, 11) is 0. The van der Waals surface area contributed by atoms with Crippen LogP contribution in [0.1, 0.15) is 0 Å². The molecule has 0 amide bonds. The fourth-order valence-corrected chi connectivity index (χ4v) is 1.09. The van der Waals surface area contributed by atoms with Crippen molar-refractivity contribution in [1.82, 2.24) is 16.0 Å². The number of nitrogens with one attached hydrogen (secondary N) is 3. The van der Waals surface area contributed by atoms with E-state index in [1.807, 2.05) is 0 Å². The summed E-state index contributed by atoms with van der Waals surface area (Å²) in [6.45, 7) is 4.30. The van der Waals surface area contributed by atoms with Crippen LogP contribution in [0.15, 0.2) is 0 Å². The summed E-state index contributed by atoms with van der Waals surface area (Å²) in [5, 5.41) is 27.1. The van der Waals surface area contributed by atoms with Gasteiger partial charge in [0.2, 0.25) is 0 Å². The molecule has 0 aromatic heterocycles. The van der Waals surface area contributed by atoms with Gasteiger partial charge >= 0.3 is 0 Å². The maximum absolute atomic E-state index is 9.34. The van der Waals surface area contributed by atoms with E-state index in [2.05, 4.69) is 16.0 Å². The first-order chi connectivity index (χ1) is 7.72. The average Bonchev–Trinajstić information content (AvgIpc) is 2.31. The van der Waals surface area contributed by atoms with E-state index in [0.717, 1.165) is 26.2 Å². The van der Waals surface area contributed by atoms with Crippen LogP contribution in [0, 0.1) is 0 Å². The van der Waals surface area contributed by atoms with E-state index < -0.39 is 12.3 Å². The zero-order chi connectivity index (χ0) is 12.2. The number of rotatable bonds is 11. The first-order valence-electron chi connectivity index (χ1n) is 5.61. The minimum atomic E-state index is -0.859. The lowest BCUT2D eigenvalue weighted by atomic mass is 10.3.